The van der Waals surface area contributed by atoms with Crippen LogP contribution in [0.2, 0.25) is 0 Å². The van der Waals surface area contributed by atoms with Gasteiger partial charge in [-0.1, -0.05) is 69.7 Å². The number of hydrogen-bond donors (Lipinski definition) is 1. The van der Waals surface area contributed by atoms with Crippen molar-refractivity contribution in [3.63, 3.8) is 0 Å². The van der Waals surface area contributed by atoms with E-state index in [0.29, 0.717) is 17.4 Å². The molecule has 194 valence electrons. The highest BCUT2D eigenvalue weighted by Gasteiger charge is 2.33. The molecule has 1 aliphatic heterocycles. The van der Waals surface area contributed by atoms with Crippen molar-refractivity contribution in [3.05, 3.63) is 99.7 Å². The molecule has 38 heavy (non-hydrogen) atoms. The lowest BCUT2D eigenvalue weighted by Gasteiger charge is -2.22. The molecule has 0 fully saturated rings. The van der Waals surface area contributed by atoms with E-state index in [1.807, 2.05) is 31.2 Å². The normalized spacial score (nSPS) is 15.0. The minimum Gasteiger partial charge on any atom is -0.459 e. The van der Waals surface area contributed by atoms with Crippen molar-refractivity contribution in [1.29, 1.82) is 0 Å². The van der Waals surface area contributed by atoms with Gasteiger partial charge in [0.05, 0.1) is 30.3 Å². The van der Waals surface area contributed by atoms with Crippen molar-refractivity contribution < 1.29 is 14.0 Å². The van der Waals surface area contributed by atoms with Gasteiger partial charge >= 0.3 is 0 Å². The number of aromatic nitrogens is 3. The number of carbonyl (C=O) groups is 2. The summed E-state index contributed by atoms with van der Waals surface area (Å²) in [5.41, 5.74) is 4.06. The van der Waals surface area contributed by atoms with E-state index in [0.717, 1.165) is 26.9 Å². The molecule has 1 aliphatic rings. The third-order valence-electron chi connectivity index (χ3n) is 6.21. The Kier molecular flexibility index (Phi) is 7.75. The maximum Gasteiger partial charge on any atom is 0.287 e. The van der Waals surface area contributed by atoms with Crippen LogP contribution in [0.3, 0.4) is 0 Å². The maximum atomic E-state index is 13.4. The number of carbonyl (C=O) groups excluding carboxylic acids is 2. The smallest absolute Gasteiger partial charge is 0.287 e. The molecule has 3 heterocycles. The van der Waals surface area contributed by atoms with Crippen LogP contribution in [-0.4, -0.2) is 43.1 Å². The first-order chi connectivity index (χ1) is 18.4. The molecule has 9 nitrogen and oxygen atoms in total. The Morgan fingerprint density at radius 2 is 1.87 bits per heavy atom. The molecule has 0 aliphatic carbocycles. The average molecular weight is 594 g/mol. The van der Waals surface area contributed by atoms with Crippen LogP contribution in [0.5, 0.6) is 0 Å². The Morgan fingerprint density at radius 3 is 2.58 bits per heavy atom. The van der Waals surface area contributed by atoms with Crippen LogP contribution in [0.4, 0.5) is 0 Å². The van der Waals surface area contributed by atoms with Gasteiger partial charge < -0.3 is 14.3 Å². The molecule has 5 rings (SSSR count). The largest absolute Gasteiger partial charge is 0.459 e. The van der Waals surface area contributed by atoms with Crippen LogP contribution < -0.4 is 5.32 Å². The Labute approximate surface area is 232 Å². The van der Waals surface area contributed by atoms with Gasteiger partial charge in [0.2, 0.25) is 0 Å². The van der Waals surface area contributed by atoms with Gasteiger partial charge in [0, 0.05) is 17.9 Å². The second-order valence-electron chi connectivity index (χ2n) is 8.83. The predicted molar refractivity (Wildman–Crippen MR) is 148 cm³/mol. The lowest BCUT2D eigenvalue weighted by atomic mass is 9.98. The maximum absolute atomic E-state index is 13.4. The molecule has 0 spiro atoms. The first kappa shape index (κ1) is 25.9. The highest BCUT2D eigenvalue weighted by molar-refractivity contribution is 9.10. The minimum absolute atomic E-state index is 0.122. The summed E-state index contributed by atoms with van der Waals surface area (Å²) in [5.74, 6) is 0.476. The van der Waals surface area contributed by atoms with Crippen molar-refractivity contribution in [3.8, 4) is 0 Å². The van der Waals surface area contributed by atoms with Gasteiger partial charge in [-0.2, -0.15) is 5.10 Å². The first-order valence-electron chi connectivity index (χ1n) is 11.9. The number of hydrogen-bond acceptors (Lipinski definition) is 7. The number of aryl methyl sites for hydroxylation is 1. The van der Waals surface area contributed by atoms with Gasteiger partial charge in [0.15, 0.2) is 16.7 Å². The summed E-state index contributed by atoms with van der Waals surface area (Å²) in [6, 6.07) is 19.2. The topological polar surface area (TPSA) is 106 Å². The second kappa shape index (κ2) is 11.4. The van der Waals surface area contributed by atoms with Crippen LogP contribution in [0.15, 0.2) is 86.1 Å². The quantitative estimate of drug-likeness (QED) is 0.292. The standard InChI is InChI=1S/C27H25BrN6O3S/c1-17-5-7-19(8-6-17)22-14-21(18-9-11-20(28)12-10-18)32-34(22)25(35)16-38-27-31-30-24(33(27)2)15-29-26(36)23-4-3-13-37-23/h3-13,22H,14-16H2,1-2H3,(H,29,36)/t22-/m1/s1. The Bertz CT molecular complexity index is 1470. The van der Waals surface area contributed by atoms with Gasteiger partial charge in [-0.3, -0.25) is 9.59 Å². The molecule has 0 unspecified atom stereocenters. The summed E-state index contributed by atoms with van der Waals surface area (Å²) in [4.78, 5) is 25.6. The summed E-state index contributed by atoms with van der Waals surface area (Å²) in [6.45, 7) is 2.22. The number of furan rings is 1. The number of rotatable bonds is 8. The monoisotopic (exact) mass is 592 g/mol. The molecule has 1 N–H and O–H groups in total. The molecular weight excluding hydrogens is 568 g/mol. The van der Waals surface area contributed by atoms with E-state index in [2.05, 4.69) is 55.7 Å². The van der Waals surface area contributed by atoms with E-state index in [1.54, 1.807) is 28.8 Å². The number of amides is 2. The lowest BCUT2D eigenvalue weighted by molar-refractivity contribution is -0.130. The van der Waals surface area contributed by atoms with Crippen molar-refractivity contribution >= 4 is 45.2 Å². The Hall–Kier alpha value is -3.70. The zero-order chi connectivity index (χ0) is 26.6. The first-order valence-corrected chi connectivity index (χ1v) is 13.7. The van der Waals surface area contributed by atoms with E-state index in [-0.39, 0.29) is 35.9 Å². The van der Waals surface area contributed by atoms with Gasteiger partial charge in [0.25, 0.3) is 11.8 Å². The number of hydrazone groups is 1. The molecular formula is C27H25BrN6O3S. The third-order valence-corrected chi connectivity index (χ3v) is 7.74. The van der Waals surface area contributed by atoms with E-state index in [4.69, 9.17) is 9.52 Å². The van der Waals surface area contributed by atoms with Gasteiger partial charge in [-0.25, -0.2) is 5.01 Å². The molecule has 0 saturated carbocycles. The van der Waals surface area contributed by atoms with Crippen LogP contribution in [0, 0.1) is 6.92 Å². The number of thioether (sulfide) groups is 1. The Morgan fingerprint density at radius 1 is 1.11 bits per heavy atom. The molecule has 0 radical (unpaired) electrons. The van der Waals surface area contributed by atoms with E-state index >= 15 is 0 Å². The summed E-state index contributed by atoms with van der Waals surface area (Å²) in [5, 5.41) is 18.0. The summed E-state index contributed by atoms with van der Waals surface area (Å²) in [7, 11) is 1.80. The minimum atomic E-state index is -0.335. The molecule has 4 aromatic rings. The summed E-state index contributed by atoms with van der Waals surface area (Å²) < 4.78 is 7.86. The van der Waals surface area contributed by atoms with Crippen molar-refractivity contribution in [2.75, 3.05) is 5.75 Å². The fourth-order valence-corrected chi connectivity index (χ4v) is 5.12. The van der Waals surface area contributed by atoms with E-state index < -0.39 is 0 Å². The number of nitrogens with one attached hydrogen (secondary N) is 1. The number of halogens is 1. The fraction of sp³-hybridized carbons (Fsp3) is 0.222. The van der Waals surface area contributed by atoms with Crippen LogP contribution in [-0.2, 0) is 18.4 Å². The molecule has 0 bridgehead atoms. The second-order valence-corrected chi connectivity index (χ2v) is 10.7. The molecule has 0 saturated heterocycles. The Balaban J connectivity index is 1.28. The van der Waals surface area contributed by atoms with Crippen LogP contribution >= 0.6 is 27.7 Å². The highest BCUT2D eigenvalue weighted by Crippen LogP contribution is 2.34. The van der Waals surface area contributed by atoms with Crippen LogP contribution in [0.1, 0.15) is 45.5 Å². The van der Waals surface area contributed by atoms with E-state index in [9.17, 15) is 9.59 Å². The molecule has 2 aromatic heterocycles. The molecule has 2 amide bonds. The van der Waals surface area contributed by atoms with Gasteiger partial charge in [-0.15, -0.1) is 10.2 Å². The summed E-state index contributed by atoms with van der Waals surface area (Å²) >= 11 is 4.76. The zero-order valence-corrected chi connectivity index (χ0v) is 23.2. The lowest BCUT2D eigenvalue weighted by Crippen LogP contribution is -2.28. The SMILES string of the molecule is Cc1ccc([C@H]2CC(c3ccc(Br)cc3)=NN2C(=O)CSc2nnc(CNC(=O)c3ccco3)n2C)cc1. The highest BCUT2D eigenvalue weighted by atomic mass is 79.9. The van der Waals surface area contributed by atoms with Crippen LogP contribution in [0.25, 0.3) is 0 Å². The van der Waals surface area contributed by atoms with Crippen molar-refractivity contribution in [2.24, 2.45) is 12.1 Å². The number of benzene rings is 2. The average Bonchev–Trinajstić information content (AvgIpc) is 3.68. The molecule has 11 heteroatoms. The van der Waals surface area contributed by atoms with Gasteiger partial charge in [0.1, 0.15) is 0 Å². The van der Waals surface area contributed by atoms with Crippen molar-refractivity contribution in [1.82, 2.24) is 25.1 Å². The third kappa shape index (κ3) is 5.73. The summed E-state index contributed by atoms with van der Waals surface area (Å²) in [6.07, 6.45) is 2.07. The van der Waals surface area contributed by atoms with Crippen molar-refractivity contribution in [2.45, 2.75) is 31.1 Å². The predicted octanol–water partition coefficient (Wildman–Crippen LogP) is 4.88. The molecule has 2 aromatic carbocycles. The van der Waals surface area contributed by atoms with Gasteiger partial charge in [-0.05, 0) is 42.3 Å². The zero-order valence-electron chi connectivity index (χ0n) is 20.8. The number of nitrogens with zero attached hydrogens (tertiary/aromatic N) is 5. The fourth-order valence-electron chi connectivity index (χ4n) is 4.08. The van der Waals surface area contributed by atoms with E-state index in [1.165, 1.54) is 18.0 Å². The molecule has 1 atom stereocenters.